The number of benzene rings is 3. The maximum absolute atomic E-state index is 13.8. The molecule has 200 valence electrons. The van der Waals surface area contributed by atoms with E-state index in [2.05, 4.69) is 19.2 Å². The fourth-order valence-corrected chi connectivity index (χ4v) is 4.54. The van der Waals surface area contributed by atoms with Gasteiger partial charge < -0.3 is 28.8 Å². The molecule has 1 aromatic heterocycles. The van der Waals surface area contributed by atoms with Gasteiger partial charge >= 0.3 is 0 Å². The van der Waals surface area contributed by atoms with E-state index in [9.17, 15) is 4.79 Å². The molecular weight excluding hydrogens is 482 g/mol. The maximum atomic E-state index is 13.8. The number of imidazole rings is 1. The first-order valence-corrected chi connectivity index (χ1v) is 12.6. The van der Waals surface area contributed by atoms with Gasteiger partial charge in [-0.3, -0.25) is 4.79 Å². The zero-order valence-corrected chi connectivity index (χ0v) is 22.8. The summed E-state index contributed by atoms with van der Waals surface area (Å²) in [7, 11) is 6.46. The van der Waals surface area contributed by atoms with Crippen molar-refractivity contribution >= 4 is 16.9 Å². The molecule has 0 spiro atoms. The van der Waals surface area contributed by atoms with Gasteiger partial charge in [-0.05, 0) is 66.4 Å². The highest BCUT2D eigenvalue weighted by Crippen LogP contribution is 2.34. The molecule has 4 aromatic rings. The fraction of sp³-hybridized carbons (Fsp3) is 0.333. The Balaban J connectivity index is 1.74. The van der Waals surface area contributed by atoms with Crippen LogP contribution in [0.3, 0.4) is 0 Å². The summed E-state index contributed by atoms with van der Waals surface area (Å²) in [6.45, 7) is 4.58. The van der Waals surface area contributed by atoms with Crippen LogP contribution in [0.1, 0.15) is 31.9 Å². The Morgan fingerprint density at radius 3 is 2.16 bits per heavy atom. The number of hydrogen-bond acceptors (Lipinski definition) is 6. The zero-order chi connectivity index (χ0) is 27.2. The summed E-state index contributed by atoms with van der Waals surface area (Å²) >= 11 is 0. The van der Waals surface area contributed by atoms with Crippen molar-refractivity contribution in [3.63, 3.8) is 0 Å². The lowest BCUT2D eigenvalue weighted by Crippen LogP contribution is -2.33. The van der Waals surface area contributed by atoms with Crippen molar-refractivity contribution in [3.8, 4) is 34.4 Å². The van der Waals surface area contributed by atoms with Gasteiger partial charge in [0.25, 0.3) is 0 Å². The lowest BCUT2D eigenvalue weighted by Gasteiger charge is -2.23. The molecule has 1 amide bonds. The maximum Gasteiger partial charge on any atom is 0.243 e. The molecule has 0 aliphatic rings. The average molecular weight is 518 g/mol. The van der Waals surface area contributed by atoms with Gasteiger partial charge in [0.05, 0.1) is 39.5 Å². The molecule has 0 saturated heterocycles. The van der Waals surface area contributed by atoms with E-state index in [-0.39, 0.29) is 11.8 Å². The molecule has 0 fully saturated rings. The number of hydrogen-bond donors (Lipinski definition) is 1. The molecule has 38 heavy (non-hydrogen) atoms. The van der Waals surface area contributed by atoms with Crippen LogP contribution in [-0.2, 0) is 11.3 Å². The van der Waals surface area contributed by atoms with Crippen LogP contribution >= 0.6 is 0 Å². The van der Waals surface area contributed by atoms with E-state index in [0.717, 1.165) is 27.9 Å². The third-order valence-electron chi connectivity index (χ3n) is 6.47. The molecule has 1 N–H and O–H groups in total. The van der Waals surface area contributed by atoms with Crippen molar-refractivity contribution in [2.75, 3.05) is 28.4 Å². The normalized spacial score (nSPS) is 11.9. The predicted octanol–water partition coefficient (Wildman–Crippen LogP) is 5.64. The Kier molecular flexibility index (Phi) is 8.41. The molecule has 0 radical (unpaired) electrons. The molecule has 8 heteroatoms. The molecule has 0 aliphatic heterocycles. The zero-order valence-electron chi connectivity index (χ0n) is 22.8. The summed E-state index contributed by atoms with van der Waals surface area (Å²) in [5.74, 6) is 3.62. The number of amides is 1. The molecule has 0 bridgehead atoms. The number of methoxy groups -OCH3 is 4. The van der Waals surface area contributed by atoms with Crippen LogP contribution in [0.15, 0.2) is 60.7 Å². The molecule has 4 rings (SSSR count). The molecule has 3 aromatic carbocycles. The number of carbonyl (C=O) groups is 1. The first-order valence-electron chi connectivity index (χ1n) is 12.6. The first kappa shape index (κ1) is 26.9. The summed E-state index contributed by atoms with van der Waals surface area (Å²) in [5.41, 5.74) is 3.43. The van der Waals surface area contributed by atoms with Gasteiger partial charge in [-0.1, -0.05) is 19.9 Å². The van der Waals surface area contributed by atoms with Crippen molar-refractivity contribution in [2.24, 2.45) is 5.92 Å². The van der Waals surface area contributed by atoms with Gasteiger partial charge in [0.2, 0.25) is 5.91 Å². The van der Waals surface area contributed by atoms with Crippen molar-refractivity contribution in [3.05, 3.63) is 66.2 Å². The van der Waals surface area contributed by atoms with E-state index < -0.39 is 6.04 Å². The Morgan fingerprint density at radius 2 is 1.53 bits per heavy atom. The Labute approximate surface area is 223 Å². The van der Waals surface area contributed by atoms with Gasteiger partial charge in [0.1, 0.15) is 23.4 Å². The van der Waals surface area contributed by atoms with Gasteiger partial charge in [-0.2, -0.15) is 0 Å². The Bertz CT molecular complexity index is 1400. The largest absolute Gasteiger partial charge is 0.497 e. The van der Waals surface area contributed by atoms with Gasteiger partial charge in [-0.25, -0.2) is 4.98 Å². The SMILES string of the molecule is COc1ccc(-c2nc3cc(OC)ccc3n2C(CC(C)C)C(=O)NCc2ccc(OC)c(OC)c2)cc1. The molecule has 0 aliphatic carbocycles. The monoisotopic (exact) mass is 517 g/mol. The second-order valence-corrected chi connectivity index (χ2v) is 9.44. The minimum absolute atomic E-state index is 0.0848. The van der Waals surface area contributed by atoms with Crippen molar-refractivity contribution in [1.82, 2.24) is 14.9 Å². The van der Waals surface area contributed by atoms with Crippen molar-refractivity contribution in [1.29, 1.82) is 0 Å². The summed E-state index contributed by atoms with van der Waals surface area (Å²) in [5, 5.41) is 3.14. The third kappa shape index (κ3) is 5.69. The summed E-state index contributed by atoms with van der Waals surface area (Å²) < 4.78 is 23.6. The highest BCUT2D eigenvalue weighted by molar-refractivity contribution is 5.87. The van der Waals surface area contributed by atoms with Gasteiger partial charge in [0.15, 0.2) is 11.5 Å². The molecule has 1 unspecified atom stereocenters. The minimum Gasteiger partial charge on any atom is -0.497 e. The van der Waals surface area contributed by atoms with E-state index in [1.165, 1.54) is 0 Å². The number of rotatable bonds is 11. The summed E-state index contributed by atoms with van der Waals surface area (Å²) in [6, 6.07) is 18.6. The average Bonchev–Trinajstić information content (AvgIpc) is 3.32. The van der Waals surface area contributed by atoms with Gasteiger partial charge in [0, 0.05) is 18.2 Å². The fourth-order valence-electron chi connectivity index (χ4n) is 4.54. The second-order valence-electron chi connectivity index (χ2n) is 9.44. The van der Waals surface area contributed by atoms with Crippen LogP contribution in [0.4, 0.5) is 0 Å². The van der Waals surface area contributed by atoms with E-state index in [1.54, 1.807) is 28.4 Å². The number of aromatic nitrogens is 2. The van der Waals surface area contributed by atoms with Crippen molar-refractivity contribution in [2.45, 2.75) is 32.9 Å². The van der Waals surface area contributed by atoms with Crippen LogP contribution in [0.2, 0.25) is 0 Å². The topological polar surface area (TPSA) is 83.8 Å². The van der Waals surface area contributed by atoms with Crippen molar-refractivity contribution < 1.29 is 23.7 Å². The predicted molar refractivity (Wildman–Crippen MR) is 148 cm³/mol. The van der Waals surface area contributed by atoms with Crippen LogP contribution in [-0.4, -0.2) is 43.9 Å². The number of nitrogens with one attached hydrogen (secondary N) is 1. The van der Waals surface area contributed by atoms with E-state index >= 15 is 0 Å². The lowest BCUT2D eigenvalue weighted by molar-refractivity contribution is -0.124. The van der Waals surface area contributed by atoms with Crippen LogP contribution in [0.5, 0.6) is 23.0 Å². The second kappa shape index (κ2) is 11.9. The molecule has 0 saturated carbocycles. The van der Waals surface area contributed by atoms with Crippen LogP contribution in [0, 0.1) is 5.92 Å². The van der Waals surface area contributed by atoms with E-state index in [1.807, 2.05) is 65.2 Å². The number of ether oxygens (including phenoxy) is 4. The van der Waals surface area contributed by atoms with E-state index in [0.29, 0.717) is 36.0 Å². The number of fused-ring (bicyclic) bond motifs is 1. The molecule has 1 atom stereocenters. The Morgan fingerprint density at radius 1 is 0.842 bits per heavy atom. The standard InChI is InChI=1S/C30H35N3O5/c1-19(2)15-26(30(34)31-18-20-7-14-27(37-5)28(16-20)38-6)33-25-13-12-23(36-4)17-24(25)32-29(33)21-8-10-22(35-3)11-9-21/h7-14,16-17,19,26H,15,18H2,1-6H3,(H,31,34). The summed E-state index contributed by atoms with van der Waals surface area (Å²) in [4.78, 5) is 18.8. The number of nitrogens with zero attached hydrogens (tertiary/aromatic N) is 2. The molecule has 8 nitrogen and oxygen atoms in total. The van der Waals surface area contributed by atoms with E-state index in [4.69, 9.17) is 23.9 Å². The highest BCUT2D eigenvalue weighted by Gasteiger charge is 2.27. The first-order chi connectivity index (χ1) is 18.4. The van der Waals surface area contributed by atoms with Crippen LogP contribution in [0.25, 0.3) is 22.4 Å². The number of carbonyl (C=O) groups excluding carboxylic acids is 1. The van der Waals surface area contributed by atoms with Crippen LogP contribution < -0.4 is 24.3 Å². The lowest BCUT2D eigenvalue weighted by atomic mass is 10.0. The molecule has 1 heterocycles. The Hall–Kier alpha value is -4.20. The highest BCUT2D eigenvalue weighted by atomic mass is 16.5. The van der Waals surface area contributed by atoms with Gasteiger partial charge in [-0.15, -0.1) is 0 Å². The minimum atomic E-state index is -0.481. The third-order valence-corrected chi connectivity index (χ3v) is 6.47. The quantitative estimate of drug-likeness (QED) is 0.277. The smallest absolute Gasteiger partial charge is 0.243 e. The molecular formula is C30H35N3O5. The summed E-state index contributed by atoms with van der Waals surface area (Å²) in [6.07, 6.45) is 0.637.